The average molecular weight is 445 g/mol. The van der Waals surface area contributed by atoms with E-state index in [2.05, 4.69) is 12.2 Å². The van der Waals surface area contributed by atoms with E-state index >= 15 is 0 Å². The molecule has 0 aliphatic heterocycles. The Labute approximate surface area is 185 Å². The summed E-state index contributed by atoms with van der Waals surface area (Å²) < 4.78 is 32.6. The smallest absolute Gasteiger partial charge is 0.408 e. The lowest BCUT2D eigenvalue weighted by molar-refractivity contribution is 0.0497. The number of hydrogen-bond acceptors (Lipinski definition) is 5. The summed E-state index contributed by atoms with van der Waals surface area (Å²) in [5.41, 5.74) is 7.23. The molecule has 0 spiro atoms. The van der Waals surface area contributed by atoms with Gasteiger partial charge in [-0.25, -0.2) is 13.2 Å². The SMILES string of the molecule is CCc1ccc([C@@H]2[C@@H](S(=O)(=O)c3ccc(C)cc3)[C@]2(CN)NC(=O)OC(C)(C)C)cc1. The number of benzene rings is 2. The predicted molar refractivity (Wildman–Crippen MR) is 122 cm³/mol. The summed E-state index contributed by atoms with van der Waals surface area (Å²) in [7, 11) is -3.75. The van der Waals surface area contributed by atoms with Gasteiger partial charge < -0.3 is 15.8 Å². The zero-order valence-corrected chi connectivity index (χ0v) is 19.6. The van der Waals surface area contributed by atoms with E-state index < -0.39 is 38.2 Å². The molecule has 1 aliphatic carbocycles. The molecule has 6 nitrogen and oxygen atoms in total. The number of nitrogens with one attached hydrogen (secondary N) is 1. The minimum atomic E-state index is -3.75. The molecule has 0 aromatic heterocycles. The van der Waals surface area contributed by atoms with E-state index in [1.54, 1.807) is 45.0 Å². The summed E-state index contributed by atoms with van der Waals surface area (Å²) in [5, 5.41) is 1.94. The third-order valence-electron chi connectivity index (χ3n) is 5.76. The molecular weight excluding hydrogens is 412 g/mol. The maximum absolute atomic E-state index is 13.6. The number of carbonyl (C=O) groups excluding carboxylic acids is 1. The van der Waals surface area contributed by atoms with Gasteiger partial charge in [0.05, 0.1) is 10.4 Å². The van der Waals surface area contributed by atoms with Crippen LogP contribution in [0.4, 0.5) is 4.79 Å². The van der Waals surface area contributed by atoms with Crippen LogP contribution in [-0.4, -0.2) is 37.4 Å². The zero-order chi connectivity index (χ0) is 23.0. The van der Waals surface area contributed by atoms with Gasteiger partial charge in [-0.05, 0) is 57.4 Å². The Morgan fingerprint density at radius 2 is 1.68 bits per heavy atom. The minimum Gasteiger partial charge on any atom is -0.444 e. The van der Waals surface area contributed by atoms with Gasteiger partial charge in [0.1, 0.15) is 10.9 Å². The van der Waals surface area contributed by atoms with Crippen LogP contribution in [-0.2, 0) is 21.0 Å². The highest BCUT2D eigenvalue weighted by atomic mass is 32.2. The molecule has 1 aliphatic rings. The lowest BCUT2D eigenvalue weighted by Crippen LogP contribution is -2.49. The first-order valence-electron chi connectivity index (χ1n) is 10.6. The second-order valence-electron chi connectivity index (χ2n) is 9.22. The van der Waals surface area contributed by atoms with Gasteiger partial charge in [0.2, 0.25) is 0 Å². The third kappa shape index (κ3) is 4.62. The number of sulfone groups is 1. The number of nitrogens with two attached hydrogens (primary N) is 1. The summed E-state index contributed by atoms with van der Waals surface area (Å²) >= 11 is 0. The molecule has 31 heavy (non-hydrogen) atoms. The van der Waals surface area contributed by atoms with Gasteiger partial charge in [0.25, 0.3) is 0 Å². The summed E-state index contributed by atoms with van der Waals surface area (Å²) in [6.07, 6.45) is 0.212. The number of hydrogen-bond donors (Lipinski definition) is 2. The molecule has 0 unspecified atom stereocenters. The van der Waals surface area contributed by atoms with Crippen LogP contribution in [0.2, 0.25) is 0 Å². The highest BCUT2D eigenvalue weighted by Gasteiger charge is 2.71. The number of amides is 1. The highest BCUT2D eigenvalue weighted by molar-refractivity contribution is 7.92. The molecule has 1 amide bonds. The molecule has 0 radical (unpaired) electrons. The van der Waals surface area contributed by atoms with Gasteiger partial charge in [0, 0.05) is 12.5 Å². The van der Waals surface area contributed by atoms with Crippen molar-refractivity contribution in [2.75, 3.05) is 6.54 Å². The van der Waals surface area contributed by atoms with Crippen LogP contribution in [0.25, 0.3) is 0 Å². The van der Waals surface area contributed by atoms with E-state index in [9.17, 15) is 13.2 Å². The molecule has 3 atom stereocenters. The maximum atomic E-state index is 13.6. The molecule has 0 heterocycles. The van der Waals surface area contributed by atoms with Crippen molar-refractivity contribution in [1.82, 2.24) is 5.32 Å². The lowest BCUT2D eigenvalue weighted by Gasteiger charge is -2.24. The number of rotatable bonds is 6. The number of ether oxygens (including phenoxy) is 1. The predicted octanol–water partition coefficient (Wildman–Crippen LogP) is 3.72. The van der Waals surface area contributed by atoms with Crippen LogP contribution in [0.1, 0.15) is 50.3 Å². The number of aryl methyl sites for hydroxylation is 2. The van der Waals surface area contributed by atoms with Crippen molar-refractivity contribution in [2.45, 2.75) is 68.2 Å². The molecule has 1 saturated carbocycles. The van der Waals surface area contributed by atoms with E-state index in [0.717, 1.165) is 23.1 Å². The van der Waals surface area contributed by atoms with Gasteiger partial charge >= 0.3 is 6.09 Å². The monoisotopic (exact) mass is 444 g/mol. The number of carbonyl (C=O) groups is 1. The molecule has 0 saturated heterocycles. The first kappa shape index (κ1) is 23.3. The molecule has 3 N–H and O–H groups in total. The Bertz CT molecular complexity index is 1040. The molecule has 0 bridgehead atoms. The second-order valence-corrected chi connectivity index (χ2v) is 11.3. The quantitative estimate of drug-likeness (QED) is 0.708. The molecule has 7 heteroatoms. The van der Waals surface area contributed by atoms with Crippen molar-refractivity contribution in [2.24, 2.45) is 5.73 Å². The average Bonchev–Trinajstić information content (AvgIpc) is 3.36. The fourth-order valence-electron chi connectivity index (χ4n) is 4.10. The van der Waals surface area contributed by atoms with Crippen LogP contribution in [0, 0.1) is 6.92 Å². The van der Waals surface area contributed by atoms with Gasteiger partial charge in [-0.3, -0.25) is 0 Å². The third-order valence-corrected chi connectivity index (χ3v) is 8.05. The Hall–Kier alpha value is -2.38. The van der Waals surface area contributed by atoms with Crippen molar-refractivity contribution in [3.8, 4) is 0 Å². The fraction of sp³-hybridized carbons (Fsp3) is 0.458. The topological polar surface area (TPSA) is 98.5 Å². The maximum Gasteiger partial charge on any atom is 0.408 e. The van der Waals surface area contributed by atoms with E-state index in [-0.39, 0.29) is 11.4 Å². The molecule has 1 fully saturated rings. The minimum absolute atomic E-state index is 0.0256. The normalized spacial score (nSPS) is 23.3. The summed E-state index contributed by atoms with van der Waals surface area (Å²) in [6.45, 7) is 9.22. The van der Waals surface area contributed by atoms with E-state index in [0.29, 0.717) is 0 Å². The van der Waals surface area contributed by atoms with Crippen LogP contribution in [0.15, 0.2) is 53.4 Å². The molecule has 2 aromatic carbocycles. The van der Waals surface area contributed by atoms with Crippen molar-refractivity contribution < 1.29 is 17.9 Å². The summed E-state index contributed by atoms with van der Waals surface area (Å²) in [6, 6.07) is 14.6. The van der Waals surface area contributed by atoms with Crippen molar-refractivity contribution in [3.05, 3.63) is 65.2 Å². The van der Waals surface area contributed by atoms with Crippen LogP contribution in [0.5, 0.6) is 0 Å². The Balaban J connectivity index is 2.03. The largest absolute Gasteiger partial charge is 0.444 e. The molecule has 3 rings (SSSR count). The first-order chi connectivity index (χ1) is 14.4. The van der Waals surface area contributed by atoms with E-state index in [4.69, 9.17) is 10.5 Å². The molecule has 2 aromatic rings. The molecular formula is C24H32N2O4S. The van der Waals surface area contributed by atoms with Crippen molar-refractivity contribution in [3.63, 3.8) is 0 Å². The summed E-state index contributed by atoms with van der Waals surface area (Å²) in [4.78, 5) is 12.8. The van der Waals surface area contributed by atoms with Crippen LogP contribution < -0.4 is 11.1 Å². The van der Waals surface area contributed by atoms with Gasteiger partial charge in [-0.1, -0.05) is 48.9 Å². The standard InChI is InChI=1S/C24H32N2O4S/c1-6-17-9-11-18(12-10-17)20-21(31(28,29)19-13-7-16(2)8-14-19)24(20,15-25)26-22(27)30-23(3,4)5/h7-14,20-21H,6,15,25H2,1-5H3,(H,26,27)/t20-,21-,24-/m1/s1. The summed E-state index contributed by atoms with van der Waals surface area (Å²) in [5.74, 6) is -0.470. The fourth-order valence-corrected chi connectivity index (χ4v) is 6.45. The lowest BCUT2D eigenvalue weighted by atomic mass is 10.0. The van der Waals surface area contributed by atoms with Gasteiger partial charge in [-0.15, -0.1) is 0 Å². The number of alkyl carbamates (subject to hydrolysis) is 1. The van der Waals surface area contributed by atoms with Crippen LogP contribution in [0.3, 0.4) is 0 Å². The highest BCUT2D eigenvalue weighted by Crippen LogP contribution is 2.57. The van der Waals surface area contributed by atoms with E-state index in [1.165, 1.54) is 0 Å². The van der Waals surface area contributed by atoms with Gasteiger partial charge in [-0.2, -0.15) is 0 Å². The Kier molecular flexibility index (Phi) is 6.22. The Morgan fingerprint density at radius 1 is 1.10 bits per heavy atom. The molecule has 168 valence electrons. The second kappa shape index (κ2) is 8.28. The van der Waals surface area contributed by atoms with Crippen LogP contribution >= 0.6 is 0 Å². The van der Waals surface area contributed by atoms with Crippen molar-refractivity contribution >= 4 is 15.9 Å². The zero-order valence-electron chi connectivity index (χ0n) is 18.8. The van der Waals surface area contributed by atoms with Crippen molar-refractivity contribution in [1.29, 1.82) is 0 Å². The Morgan fingerprint density at radius 3 is 2.16 bits per heavy atom. The van der Waals surface area contributed by atoms with Gasteiger partial charge in [0.15, 0.2) is 9.84 Å². The first-order valence-corrected chi connectivity index (χ1v) is 12.1. The van der Waals surface area contributed by atoms with E-state index in [1.807, 2.05) is 31.2 Å².